The molecule has 3 N–H and O–H groups in total. The average molecular weight is 460 g/mol. The van der Waals surface area contributed by atoms with Crippen molar-refractivity contribution in [1.82, 2.24) is 20.1 Å². The molecule has 0 aliphatic carbocycles. The standard InChI is InChI=1S/C20H29N5O3.2ClH/c21-7-10-23-18(26)16-3-1-11-24(13-16)20(28)17-4-2-12-25(14-17)19(27)15-5-8-22-9-6-15;;/h5-6,8-9,16-17H,1-4,7,10-14,21H2,(H,23,26);2*1H. The Labute approximate surface area is 189 Å². The molecule has 0 aromatic carbocycles. The lowest BCUT2D eigenvalue weighted by molar-refractivity contribution is -0.140. The van der Waals surface area contributed by atoms with E-state index in [2.05, 4.69) is 10.3 Å². The summed E-state index contributed by atoms with van der Waals surface area (Å²) in [5.41, 5.74) is 6.04. The quantitative estimate of drug-likeness (QED) is 0.684. The molecular formula is C20H31Cl2N5O3. The van der Waals surface area contributed by atoms with Gasteiger partial charge < -0.3 is 20.9 Å². The van der Waals surface area contributed by atoms with Crippen molar-refractivity contribution < 1.29 is 14.4 Å². The highest BCUT2D eigenvalue weighted by atomic mass is 35.5. The lowest BCUT2D eigenvalue weighted by Crippen LogP contribution is -2.51. The second-order valence-electron chi connectivity index (χ2n) is 7.53. The van der Waals surface area contributed by atoms with E-state index >= 15 is 0 Å². The highest BCUT2D eigenvalue weighted by molar-refractivity contribution is 5.94. The number of halogens is 2. The molecule has 3 heterocycles. The van der Waals surface area contributed by atoms with Crippen LogP contribution in [0.15, 0.2) is 24.5 Å². The molecule has 1 aromatic heterocycles. The van der Waals surface area contributed by atoms with Crippen molar-refractivity contribution in [2.75, 3.05) is 39.3 Å². The molecule has 3 rings (SSSR count). The molecule has 0 saturated carbocycles. The summed E-state index contributed by atoms with van der Waals surface area (Å²) in [5, 5.41) is 2.82. The van der Waals surface area contributed by atoms with Crippen LogP contribution in [0.3, 0.4) is 0 Å². The number of rotatable bonds is 5. The molecule has 2 aliphatic heterocycles. The Bertz CT molecular complexity index is 707. The second kappa shape index (κ2) is 12.7. The summed E-state index contributed by atoms with van der Waals surface area (Å²) in [7, 11) is 0. The third kappa shape index (κ3) is 6.55. The molecule has 2 saturated heterocycles. The average Bonchev–Trinajstić information content (AvgIpc) is 2.77. The first-order valence-corrected chi connectivity index (χ1v) is 10.1. The van der Waals surface area contributed by atoms with Crippen LogP contribution in [0.5, 0.6) is 0 Å². The van der Waals surface area contributed by atoms with Crippen LogP contribution in [-0.2, 0) is 9.59 Å². The predicted octanol–water partition coefficient (Wildman–Crippen LogP) is 1.09. The zero-order chi connectivity index (χ0) is 19.9. The molecule has 30 heavy (non-hydrogen) atoms. The molecule has 168 valence electrons. The zero-order valence-corrected chi connectivity index (χ0v) is 18.6. The van der Waals surface area contributed by atoms with Crippen LogP contribution >= 0.6 is 24.8 Å². The Morgan fingerprint density at radius 2 is 1.60 bits per heavy atom. The van der Waals surface area contributed by atoms with E-state index < -0.39 is 0 Å². The SMILES string of the molecule is Cl.Cl.NCCNC(=O)C1CCCN(C(=O)C2CCCN(C(=O)c3ccncc3)C2)C1. The van der Waals surface area contributed by atoms with Gasteiger partial charge in [0, 0.05) is 57.2 Å². The number of amides is 3. The second-order valence-corrected chi connectivity index (χ2v) is 7.53. The summed E-state index contributed by atoms with van der Waals surface area (Å²) in [6, 6.07) is 3.39. The maximum Gasteiger partial charge on any atom is 0.253 e. The Kier molecular flexibility index (Phi) is 11.1. The Balaban J connectivity index is 0.00000225. The molecule has 1 aromatic rings. The molecule has 3 amide bonds. The van der Waals surface area contributed by atoms with E-state index in [1.54, 1.807) is 34.3 Å². The van der Waals surface area contributed by atoms with Crippen LogP contribution in [0.2, 0.25) is 0 Å². The minimum atomic E-state index is -0.203. The van der Waals surface area contributed by atoms with Crippen molar-refractivity contribution in [1.29, 1.82) is 0 Å². The van der Waals surface area contributed by atoms with Crippen molar-refractivity contribution in [2.45, 2.75) is 25.7 Å². The molecule has 2 aliphatic rings. The lowest BCUT2D eigenvalue weighted by Gasteiger charge is -2.38. The third-order valence-corrected chi connectivity index (χ3v) is 5.53. The summed E-state index contributed by atoms with van der Waals surface area (Å²) in [4.78, 5) is 45.5. The zero-order valence-electron chi connectivity index (χ0n) is 17.0. The van der Waals surface area contributed by atoms with Gasteiger partial charge in [-0.1, -0.05) is 0 Å². The maximum atomic E-state index is 13.1. The summed E-state index contributed by atoms with van der Waals surface area (Å²) in [6.45, 7) is 3.08. The first-order chi connectivity index (χ1) is 13.6. The van der Waals surface area contributed by atoms with Gasteiger partial charge in [0.1, 0.15) is 0 Å². The van der Waals surface area contributed by atoms with Gasteiger partial charge >= 0.3 is 0 Å². The van der Waals surface area contributed by atoms with Crippen molar-refractivity contribution in [3.8, 4) is 0 Å². The molecule has 2 unspecified atom stereocenters. The molecule has 10 heteroatoms. The number of nitrogens with one attached hydrogen (secondary N) is 1. The summed E-state index contributed by atoms with van der Waals surface area (Å²) in [5.74, 6) is -0.407. The molecule has 0 spiro atoms. The molecule has 0 bridgehead atoms. The van der Waals surface area contributed by atoms with E-state index in [1.165, 1.54) is 0 Å². The highest BCUT2D eigenvalue weighted by Crippen LogP contribution is 2.24. The number of hydrogen-bond donors (Lipinski definition) is 2. The van der Waals surface area contributed by atoms with Crippen molar-refractivity contribution in [3.05, 3.63) is 30.1 Å². The van der Waals surface area contributed by atoms with Crippen LogP contribution in [0.4, 0.5) is 0 Å². The fraction of sp³-hybridized carbons (Fsp3) is 0.600. The number of hydrogen-bond acceptors (Lipinski definition) is 5. The number of carbonyl (C=O) groups excluding carboxylic acids is 3. The van der Waals surface area contributed by atoms with Gasteiger partial charge in [0.2, 0.25) is 11.8 Å². The van der Waals surface area contributed by atoms with Crippen molar-refractivity contribution in [3.63, 3.8) is 0 Å². The number of likely N-dealkylation sites (tertiary alicyclic amines) is 2. The number of carbonyl (C=O) groups is 3. The topological polar surface area (TPSA) is 109 Å². The Morgan fingerprint density at radius 3 is 2.27 bits per heavy atom. The molecule has 8 nitrogen and oxygen atoms in total. The maximum absolute atomic E-state index is 13.1. The van der Waals surface area contributed by atoms with Crippen molar-refractivity contribution in [2.24, 2.45) is 17.6 Å². The van der Waals surface area contributed by atoms with Crippen molar-refractivity contribution >= 4 is 42.5 Å². The van der Waals surface area contributed by atoms with Crippen LogP contribution in [0.25, 0.3) is 0 Å². The van der Waals surface area contributed by atoms with Gasteiger partial charge in [0.15, 0.2) is 0 Å². The van der Waals surface area contributed by atoms with E-state index in [-0.39, 0.29) is 54.4 Å². The highest BCUT2D eigenvalue weighted by Gasteiger charge is 2.35. The molecule has 0 radical (unpaired) electrons. The Hall–Kier alpha value is -1.90. The molecule has 2 atom stereocenters. The number of pyridine rings is 1. The van der Waals surface area contributed by atoms with E-state index in [9.17, 15) is 14.4 Å². The number of nitrogens with two attached hydrogens (primary N) is 1. The smallest absolute Gasteiger partial charge is 0.253 e. The van der Waals surface area contributed by atoms with E-state index in [4.69, 9.17) is 5.73 Å². The van der Waals surface area contributed by atoms with Gasteiger partial charge in [0.05, 0.1) is 11.8 Å². The monoisotopic (exact) mass is 459 g/mol. The van der Waals surface area contributed by atoms with Gasteiger partial charge in [-0.05, 0) is 37.8 Å². The van der Waals surface area contributed by atoms with Crippen LogP contribution < -0.4 is 11.1 Å². The fourth-order valence-electron chi connectivity index (χ4n) is 4.03. The van der Waals surface area contributed by atoms with Gasteiger partial charge in [-0.3, -0.25) is 19.4 Å². The van der Waals surface area contributed by atoms with E-state index in [1.807, 2.05) is 0 Å². The summed E-state index contributed by atoms with van der Waals surface area (Å²) in [6.07, 6.45) is 6.39. The van der Waals surface area contributed by atoms with Crippen LogP contribution in [0.1, 0.15) is 36.0 Å². The lowest BCUT2D eigenvalue weighted by atomic mass is 9.92. The first kappa shape index (κ1) is 26.1. The number of piperidine rings is 2. The van der Waals surface area contributed by atoms with Gasteiger partial charge in [0.25, 0.3) is 5.91 Å². The van der Waals surface area contributed by atoms with Gasteiger partial charge in [-0.25, -0.2) is 0 Å². The summed E-state index contributed by atoms with van der Waals surface area (Å²) < 4.78 is 0. The van der Waals surface area contributed by atoms with Gasteiger partial charge in [-0.2, -0.15) is 0 Å². The minimum Gasteiger partial charge on any atom is -0.355 e. The number of nitrogens with zero attached hydrogens (tertiary/aromatic N) is 3. The predicted molar refractivity (Wildman–Crippen MR) is 119 cm³/mol. The van der Waals surface area contributed by atoms with E-state index in [0.717, 1.165) is 25.7 Å². The molecule has 2 fully saturated rings. The van der Waals surface area contributed by atoms with Crippen LogP contribution in [-0.4, -0.2) is 71.8 Å². The molecular weight excluding hydrogens is 429 g/mol. The minimum absolute atomic E-state index is 0. The number of aromatic nitrogens is 1. The summed E-state index contributed by atoms with van der Waals surface area (Å²) >= 11 is 0. The largest absolute Gasteiger partial charge is 0.355 e. The van der Waals surface area contributed by atoms with Crippen LogP contribution in [0, 0.1) is 11.8 Å². The fourth-order valence-corrected chi connectivity index (χ4v) is 4.03. The normalized spacial score (nSPS) is 21.1. The third-order valence-electron chi connectivity index (χ3n) is 5.53. The Morgan fingerprint density at radius 1 is 1.00 bits per heavy atom. The first-order valence-electron chi connectivity index (χ1n) is 10.1. The van der Waals surface area contributed by atoms with E-state index in [0.29, 0.717) is 44.8 Å². The van der Waals surface area contributed by atoms with Gasteiger partial charge in [-0.15, -0.1) is 24.8 Å².